The summed E-state index contributed by atoms with van der Waals surface area (Å²) in [7, 11) is 0. The van der Waals surface area contributed by atoms with Gasteiger partial charge in [-0.3, -0.25) is 0 Å². The van der Waals surface area contributed by atoms with Gasteiger partial charge in [0, 0.05) is 10.4 Å². The van der Waals surface area contributed by atoms with Crippen molar-refractivity contribution in [2.75, 3.05) is 5.33 Å². The summed E-state index contributed by atoms with van der Waals surface area (Å²) in [5, 5.41) is 1.69. The molecule has 2 aromatic rings. The second-order valence-electron chi connectivity index (χ2n) is 4.77. The normalized spacial score (nSPS) is 12.4. The number of alkyl halides is 1. The maximum absolute atomic E-state index is 13.2. The Kier molecular flexibility index (Phi) is 6.06. The molecule has 20 heavy (non-hydrogen) atoms. The minimum Gasteiger partial charge on any atom is -0.206 e. The molecule has 2 rings (SSSR count). The fraction of sp³-hybridized carbons (Fsp3) is 0.250. The Morgan fingerprint density at radius 3 is 2.50 bits per heavy atom. The van der Waals surface area contributed by atoms with E-state index in [9.17, 15) is 4.39 Å². The second kappa shape index (κ2) is 7.58. The first kappa shape index (κ1) is 16.0. The van der Waals surface area contributed by atoms with Gasteiger partial charge in [0.05, 0.1) is 4.47 Å². The van der Waals surface area contributed by atoms with Crippen LogP contribution in [0.15, 0.2) is 46.9 Å². The second-order valence-corrected chi connectivity index (χ2v) is 6.68. The van der Waals surface area contributed by atoms with Crippen molar-refractivity contribution in [3.8, 4) is 0 Å². The van der Waals surface area contributed by atoms with Crippen LogP contribution in [-0.2, 0) is 12.8 Å². The van der Waals surface area contributed by atoms with E-state index >= 15 is 0 Å². The summed E-state index contributed by atoms with van der Waals surface area (Å²) in [5.41, 5.74) is 2.27. The van der Waals surface area contributed by atoms with Gasteiger partial charge in [0.15, 0.2) is 0 Å². The van der Waals surface area contributed by atoms with Crippen LogP contribution in [0, 0.1) is 11.7 Å². The molecule has 2 aromatic carbocycles. The van der Waals surface area contributed by atoms with Crippen LogP contribution in [0.1, 0.15) is 11.1 Å². The number of hydrogen-bond acceptors (Lipinski definition) is 0. The van der Waals surface area contributed by atoms with Gasteiger partial charge in [-0.2, -0.15) is 0 Å². The standard InChI is InChI=1S/C16H14Br2ClF/c17-10-12(8-13-3-1-2-4-15(13)19)7-11-5-6-16(20)14(18)9-11/h1-6,9,12H,7-8,10H2. The molecule has 0 aliphatic rings. The molecule has 0 spiro atoms. The van der Waals surface area contributed by atoms with Gasteiger partial charge in [-0.1, -0.05) is 51.8 Å². The highest BCUT2D eigenvalue weighted by molar-refractivity contribution is 9.10. The maximum atomic E-state index is 13.2. The molecule has 0 saturated carbocycles. The highest BCUT2D eigenvalue weighted by Gasteiger charge is 2.12. The van der Waals surface area contributed by atoms with Crippen molar-refractivity contribution in [2.45, 2.75) is 12.8 Å². The van der Waals surface area contributed by atoms with Gasteiger partial charge in [0.2, 0.25) is 0 Å². The summed E-state index contributed by atoms with van der Waals surface area (Å²) in [6.07, 6.45) is 1.79. The molecular formula is C16H14Br2ClF. The van der Waals surface area contributed by atoms with E-state index in [0.717, 1.165) is 34.3 Å². The van der Waals surface area contributed by atoms with Crippen LogP contribution in [0.2, 0.25) is 5.02 Å². The van der Waals surface area contributed by atoms with Crippen LogP contribution in [0.4, 0.5) is 4.39 Å². The zero-order chi connectivity index (χ0) is 14.5. The van der Waals surface area contributed by atoms with Crippen LogP contribution in [-0.4, -0.2) is 5.33 Å². The van der Waals surface area contributed by atoms with Gasteiger partial charge in [0.25, 0.3) is 0 Å². The lowest BCUT2D eigenvalue weighted by molar-refractivity contribution is 0.586. The van der Waals surface area contributed by atoms with Gasteiger partial charge in [-0.05, 0) is 64.0 Å². The van der Waals surface area contributed by atoms with E-state index < -0.39 is 0 Å². The molecule has 0 fully saturated rings. The molecule has 0 aromatic heterocycles. The van der Waals surface area contributed by atoms with Gasteiger partial charge < -0.3 is 0 Å². The minimum atomic E-state index is -0.227. The summed E-state index contributed by atoms with van der Waals surface area (Å²) in [6, 6.07) is 13.1. The first-order valence-corrected chi connectivity index (χ1v) is 8.62. The lowest BCUT2D eigenvalue weighted by atomic mass is 9.94. The van der Waals surface area contributed by atoms with Crippen LogP contribution >= 0.6 is 43.5 Å². The average molecular weight is 421 g/mol. The number of hydrogen-bond donors (Lipinski definition) is 0. The minimum absolute atomic E-state index is 0.227. The van der Waals surface area contributed by atoms with Gasteiger partial charge >= 0.3 is 0 Å². The predicted molar refractivity (Wildman–Crippen MR) is 90.2 cm³/mol. The molecule has 1 unspecified atom stereocenters. The third kappa shape index (κ3) is 4.31. The van der Waals surface area contributed by atoms with Gasteiger partial charge in [0.1, 0.15) is 5.82 Å². The highest BCUT2D eigenvalue weighted by atomic mass is 79.9. The molecule has 0 N–H and O–H groups in total. The Balaban J connectivity index is 2.09. The Morgan fingerprint density at radius 2 is 1.85 bits per heavy atom. The van der Waals surface area contributed by atoms with E-state index in [1.165, 1.54) is 6.07 Å². The molecule has 4 heteroatoms. The summed E-state index contributed by atoms with van der Waals surface area (Å²) in [5.74, 6) is 0.197. The number of rotatable bonds is 5. The molecule has 0 heterocycles. The van der Waals surface area contributed by atoms with Crippen molar-refractivity contribution in [3.63, 3.8) is 0 Å². The Morgan fingerprint density at radius 1 is 1.10 bits per heavy atom. The lowest BCUT2D eigenvalue weighted by Crippen LogP contribution is -2.10. The van der Waals surface area contributed by atoms with E-state index in [4.69, 9.17) is 11.6 Å². The molecule has 0 aliphatic heterocycles. The number of benzene rings is 2. The van der Waals surface area contributed by atoms with Gasteiger partial charge in [-0.15, -0.1) is 0 Å². The van der Waals surface area contributed by atoms with E-state index in [1.807, 2.05) is 30.3 Å². The first-order chi connectivity index (χ1) is 9.60. The SMILES string of the molecule is Fc1ccc(CC(CBr)Cc2ccccc2Cl)cc1Br. The van der Waals surface area contributed by atoms with Gasteiger partial charge in [-0.25, -0.2) is 4.39 Å². The molecule has 106 valence electrons. The third-order valence-electron chi connectivity index (χ3n) is 3.19. The van der Waals surface area contributed by atoms with Crippen molar-refractivity contribution in [2.24, 2.45) is 5.92 Å². The van der Waals surface area contributed by atoms with Crippen molar-refractivity contribution in [1.82, 2.24) is 0 Å². The first-order valence-electron chi connectivity index (χ1n) is 6.33. The highest BCUT2D eigenvalue weighted by Crippen LogP contribution is 2.24. The molecular weight excluding hydrogens is 406 g/mol. The van der Waals surface area contributed by atoms with Crippen LogP contribution in [0.5, 0.6) is 0 Å². The molecule has 0 saturated heterocycles. The Bertz CT molecular complexity index is 586. The molecule has 1 atom stereocenters. The van der Waals surface area contributed by atoms with Crippen molar-refractivity contribution in [1.29, 1.82) is 0 Å². The average Bonchev–Trinajstić information content (AvgIpc) is 2.44. The fourth-order valence-electron chi connectivity index (χ4n) is 2.16. The maximum Gasteiger partial charge on any atom is 0.137 e. The fourth-order valence-corrected chi connectivity index (χ4v) is 3.25. The van der Waals surface area contributed by atoms with Crippen molar-refractivity contribution < 1.29 is 4.39 Å². The molecule has 0 aliphatic carbocycles. The topological polar surface area (TPSA) is 0 Å². The summed E-state index contributed by atoms with van der Waals surface area (Å²) in [6.45, 7) is 0. The zero-order valence-electron chi connectivity index (χ0n) is 10.8. The summed E-state index contributed by atoms with van der Waals surface area (Å²) in [4.78, 5) is 0. The van der Waals surface area contributed by atoms with E-state index in [2.05, 4.69) is 37.9 Å². The van der Waals surface area contributed by atoms with Crippen molar-refractivity contribution >= 4 is 43.5 Å². The number of halogens is 4. The summed E-state index contributed by atoms with van der Waals surface area (Å²) >= 11 is 13.0. The zero-order valence-corrected chi connectivity index (χ0v) is 14.7. The largest absolute Gasteiger partial charge is 0.206 e. The monoisotopic (exact) mass is 418 g/mol. The Labute approximate surface area is 140 Å². The molecule has 0 bridgehead atoms. The van der Waals surface area contributed by atoms with Crippen molar-refractivity contribution in [3.05, 3.63) is 68.9 Å². The predicted octanol–water partition coefficient (Wildman–Crippen LogP) is 6.04. The lowest BCUT2D eigenvalue weighted by Gasteiger charge is -2.15. The molecule has 0 radical (unpaired) electrons. The van der Waals surface area contributed by atoms with Crippen LogP contribution < -0.4 is 0 Å². The quantitative estimate of drug-likeness (QED) is 0.518. The van der Waals surface area contributed by atoms with Crippen LogP contribution in [0.25, 0.3) is 0 Å². The van der Waals surface area contributed by atoms with E-state index in [-0.39, 0.29) is 5.82 Å². The van der Waals surface area contributed by atoms with Crippen LogP contribution in [0.3, 0.4) is 0 Å². The molecule has 0 amide bonds. The summed E-state index contributed by atoms with van der Waals surface area (Å²) < 4.78 is 13.8. The smallest absolute Gasteiger partial charge is 0.137 e. The Hall–Kier alpha value is -0.380. The van der Waals surface area contributed by atoms with E-state index in [0.29, 0.717) is 10.4 Å². The third-order valence-corrected chi connectivity index (χ3v) is 5.09. The van der Waals surface area contributed by atoms with E-state index in [1.54, 1.807) is 0 Å². The molecule has 0 nitrogen and oxygen atoms in total.